The number of nitrogens with zero attached hydrogens (tertiary/aromatic N) is 3. The van der Waals surface area contributed by atoms with Crippen LogP contribution in [0.5, 0.6) is 5.75 Å². The quantitative estimate of drug-likeness (QED) is 0.284. The predicted octanol–water partition coefficient (Wildman–Crippen LogP) is 3.68. The zero-order valence-corrected chi connectivity index (χ0v) is 18.2. The topological polar surface area (TPSA) is 104 Å². The van der Waals surface area contributed by atoms with Crippen LogP contribution < -0.4 is 21.3 Å². The molecule has 0 aliphatic carbocycles. The Bertz CT molecular complexity index is 1370. The third kappa shape index (κ3) is 4.13. The van der Waals surface area contributed by atoms with Gasteiger partial charge in [-0.3, -0.25) is 4.79 Å². The van der Waals surface area contributed by atoms with E-state index in [1.165, 1.54) is 19.2 Å². The van der Waals surface area contributed by atoms with Gasteiger partial charge in [0.15, 0.2) is 0 Å². The van der Waals surface area contributed by atoms with Gasteiger partial charge in [0.1, 0.15) is 11.6 Å². The number of hydrogen-bond donors (Lipinski definition) is 1. The van der Waals surface area contributed by atoms with Crippen molar-refractivity contribution >= 4 is 11.6 Å². The number of hydrazine groups is 1. The molecule has 0 saturated carbocycles. The summed E-state index contributed by atoms with van der Waals surface area (Å²) in [7, 11) is 3.05. The van der Waals surface area contributed by atoms with Crippen molar-refractivity contribution < 1.29 is 18.3 Å². The molecule has 33 heavy (non-hydrogen) atoms. The van der Waals surface area contributed by atoms with Crippen molar-refractivity contribution in [1.29, 1.82) is 0 Å². The molecule has 0 spiro atoms. The van der Waals surface area contributed by atoms with Crippen LogP contribution in [0.2, 0.25) is 0 Å². The van der Waals surface area contributed by atoms with E-state index in [1.54, 1.807) is 62.6 Å². The summed E-state index contributed by atoms with van der Waals surface area (Å²) in [5, 5.41) is 4.98. The van der Waals surface area contributed by atoms with E-state index in [0.29, 0.717) is 22.6 Å². The van der Waals surface area contributed by atoms with Crippen LogP contribution in [0.3, 0.4) is 0 Å². The number of aromatic nitrogens is 2. The highest BCUT2D eigenvalue weighted by atomic mass is 19.1. The van der Waals surface area contributed by atoms with Gasteiger partial charge in [-0.25, -0.2) is 20.0 Å². The van der Waals surface area contributed by atoms with E-state index in [1.807, 2.05) is 0 Å². The second kappa shape index (κ2) is 8.71. The van der Waals surface area contributed by atoms with Gasteiger partial charge in [0.2, 0.25) is 5.89 Å². The number of ether oxygens (including phenoxy) is 1. The Morgan fingerprint density at radius 1 is 1.12 bits per heavy atom. The molecule has 1 aromatic heterocycles. The number of carbonyl (C=O) groups is 1. The van der Waals surface area contributed by atoms with Gasteiger partial charge in [0.25, 0.3) is 5.91 Å². The molecule has 0 atom stereocenters. The van der Waals surface area contributed by atoms with E-state index in [-0.39, 0.29) is 11.5 Å². The van der Waals surface area contributed by atoms with E-state index < -0.39 is 17.5 Å². The molecule has 8 nitrogen and oxygen atoms in total. The molecule has 168 valence electrons. The molecule has 0 saturated heterocycles. The summed E-state index contributed by atoms with van der Waals surface area (Å²) in [5.41, 5.74) is 2.88. The second-order valence-electron chi connectivity index (χ2n) is 7.37. The minimum absolute atomic E-state index is 0.0738. The van der Waals surface area contributed by atoms with E-state index in [9.17, 15) is 14.0 Å². The van der Waals surface area contributed by atoms with Crippen LogP contribution in [0.1, 0.15) is 15.9 Å². The summed E-state index contributed by atoms with van der Waals surface area (Å²) in [6.45, 7) is 1.65. The number of carbonyl (C=O) groups excluding carboxylic acids is 1. The van der Waals surface area contributed by atoms with E-state index in [4.69, 9.17) is 15.0 Å². The third-order valence-electron chi connectivity index (χ3n) is 5.25. The number of anilines is 1. The summed E-state index contributed by atoms with van der Waals surface area (Å²) < 4.78 is 25.9. The van der Waals surface area contributed by atoms with Gasteiger partial charge in [-0.2, -0.15) is 4.68 Å². The molecule has 1 heterocycles. The zero-order valence-electron chi connectivity index (χ0n) is 18.2. The monoisotopic (exact) mass is 448 g/mol. The maximum atomic E-state index is 14.2. The first-order valence-corrected chi connectivity index (χ1v) is 9.97. The minimum Gasteiger partial charge on any atom is -0.496 e. The molecule has 1 amide bonds. The maximum Gasteiger partial charge on any atom is 0.437 e. The number of hydrogen-bond acceptors (Lipinski definition) is 6. The minimum atomic E-state index is -0.650. The number of amides is 1. The van der Waals surface area contributed by atoms with E-state index in [0.717, 1.165) is 20.8 Å². The molecule has 0 aliphatic rings. The number of methoxy groups -OCH3 is 1. The predicted molar refractivity (Wildman–Crippen MR) is 121 cm³/mol. The normalized spacial score (nSPS) is 10.8. The number of rotatable bonds is 5. The zero-order chi connectivity index (χ0) is 23.7. The Morgan fingerprint density at radius 2 is 1.82 bits per heavy atom. The average Bonchev–Trinajstić information content (AvgIpc) is 3.16. The second-order valence-corrected chi connectivity index (χ2v) is 7.37. The lowest BCUT2D eigenvalue weighted by atomic mass is 10.0. The number of aryl methyl sites for hydroxylation is 2. The Hall–Kier alpha value is -4.24. The van der Waals surface area contributed by atoms with Crippen LogP contribution >= 0.6 is 0 Å². The highest BCUT2D eigenvalue weighted by Gasteiger charge is 2.21. The molecule has 2 N–H and O–H groups in total. The molecule has 4 rings (SSSR count). The smallest absolute Gasteiger partial charge is 0.437 e. The first-order valence-electron chi connectivity index (χ1n) is 9.97. The lowest BCUT2D eigenvalue weighted by Crippen LogP contribution is -2.38. The summed E-state index contributed by atoms with van der Waals surface area (Å²) in [6, 6.07) is 16.5. The van der Waals surface area contributed by atoms with Gasteiger partial charge < -0.3 is 9.15 Å². The molecule has 0 aliphatic heterocycles. The van der Waals surface area contributed by atoms with Crippen molar-refractivity contribution in [1.82, 2.24) is 9.78 Å². The van der Waals surface area contributed by atoms with Gasteiger partial charge in [-0.15, -0.1) is 5.10 Å². The lowest BCUT2D eigenvalue weighted by Gasteiger charge is -2.19. The number of nitrogens with two attached hydrogens (primary N) is 1. The number of benzene rings is 3. The Morgan fingerprint density at radius 3 is 2.42 bits per heavy atom. The van der Waals surface area contributed by atoms with Gasteiger partial charge in [-0.05, 0) is 54.4 Å². The van der Waals surface area contributed by atoms with Gasteiger partial charge in [0, 0.05) is 18.2 Å². The van der Waals surface area contributed by atoms with Crippen LogP contribution in [0.15, 0.2) is 69.9 Å². The first-order chi connectivity index (χ1) is 15.8. The molecule has 9 heteroatoms. The molecule has 0 radical (unpaired) electrons. The fourth-order valence-corrected chi connectivity index (χ4v) is 3.47. The fourth-order valence-electron chi connectivity index (χ4n) is 3.47. The van der Waals surface area contributed by atoms with Crippen molar-refractivity contribution in [2.75, 3.05) is 12.1 Å². The van der Waals surface area contributed by atoms with Crippen LogP contribution in [0.4, 0.5) is 10.1 Å². The van der Waals surface area contributed by atoms with Crippen LogP contribution in [-0.4, -0.2) is 22.8 Å². The van der Waals surface area contributed by atoms with Crippen LogP contribution in [0, 0.1) is 12.7 Å². The Kier molecular flexibility index (Phi) is 5.80. The standard InChI is InChI=1S/C24H21FN4O4/c1-14-5-4-6-19(25)21(14)23(30)29(26)17-10-7-15(8-11-17)18-13-16(9-12-20(18)32-3)22-27-28(2)24(31)33-22/h4-13H,26H2,1-3H3. The molecular formula is C24H21FN4O4. The highest BCUT2D eigenvalue weighted by molar-refractivity contribution is 6.06. The molecule has 4 aromatic rings. The highest BCUT2D eigenvalue weighted by Crippen LogP contribution is 2.34. The van der Waals surface area contributed by atoms with Gasteiger partial charge >= 0.3 is 5.76 Å². The SMILES string of the molecule is COc1ccc(-c2nn(C)c(=O)o2)cc1-c1ccc(N(N)C(=O)c2c(C)cccc2F)cc1. The van der Waals surface area contributed by atoms with Crippen molar-refractivity contribution in [3.63, 3.8) is 0 Å². The summed E-state index contributed by atoms with van der Waals surface area (Å²) in [4.78, 5) is 24.4. The molecular weight excluding hydrogens is 427 g/mol. The van der Waals surface area contributed by atoms with Gasteiger partial charge in [-0.1, -0.05) is 24.3 Å². The fraction of sp³-hybridized carbons (Fsp3) is 0.125. The summed E-state index contributed by atoms with van der Waals surface area (Å²) >= 11 is 0. The van der Waals surface area contributed by atoms with E-state index >= 15 is 0 Å². The molecule has 3 aromatic carbocycles. The summed E-state index contributed by atoms with van der Waals surface area (Å²) in [6.07, 6.45) is 0. The molecule has 0 fully saturated rings. The van der Waals surface area contributed by atoms with Crippen LogP contribution in [0.25, 0.3) is 22.6 Å². The first kappa shape index (κ1) is 22.0. The van der Waals surface area contributed by atoms with E-state index in [2.05, 4.69) is 5.10 Å². The maximum absolute atomic E-state index is 14.2. The van der Waals surface area contributed by atoms with Crippen molar-refractivity contribution in [3.05, 3.63) is 88.2 Å². The average molecular weight is 448 g/mol. The molecule has 0 bridgehead atoms. The Labute approximate surface area is 188 Å². The number of halogens is 1. The van der Waals surface area contributed by atoms with Crippen molar-refractivity contribution in [3.8, 4) is 28.3 Å². The summed E-state index contributed by atoms with van der Waals surface area (Å²) in [5.74, 6) is 4.94. The third-order valence-corrected chi connectivity index (χ3v) is 5.25. The van der Waals surface area contributed by atoms with Crippen LogP contribution in [-0.2, 0) is 7.05 Å². The van der Waals surface area contributed by atoms with Gasteiger partial charge in [0.05, 0.1) is 18.4 Å². The van der Waals surface area contributed by atoms with Crippen molar-refractivity contribution in [2.45, 2.75) is 6.92 Å². The largest absolute Gasteiger partial charge is 0.496 e. The van der Waals surface area contributed by atoms with Crippen molar-refractivity contribution in [2.24, 2.45) is 12.9 Å². The molecule has 0 unspecified atom stereocenters. The Balaban J connectivity index is 1.67. The lowest BCUT2D eigenvalue weighted by molar-refractivity contribution is 0.0982.